The summed E-state index contributed by atoms with van der Waals surface area (Å²) >= 11 is 2.86. The number of ether oxygens (including phenoxy) is 4. The molecule has 0 bridgehead atoms. The zero-order chi connectivity index (χ0) is 42.5. The van der Waals surface area contributed by atoms with Crippen molar-refractivity contribution in [3.63, 3.8) is 0 Å². The molecule has 1 aliphatic rings. The largest absolute Gasteiger partial charge is 3.00 e. The number of benzene rings is 2. The van der Waals surface area contributed by atoms with Crippen molar-refractivity contribution in [1.82, 2.24) is 0 Å². The van der Waals surface area contributed by atoms with E-state index >= 15 is 0 Å². The van der Waals surface area contributed by atoms with E-state index in [4.69, 9.17) is 18.9 Å². The number of carbonyl (C=O) groups excluding carboxylic acids is 4. The fourth-order valence-electron chi connectivity index (χ4n) is 5.74. The summed E-state index contributed by atoms with van der Waals surface area (Å²) in [5, 5.41) is 8.34. The molecule has 0 radical (unpaired) electrons. The third-order valence-electron chi connectivity index (χ3n) is 9.42. The van der Waals surface area contributed by atoms with Gasteiger partial charge in [0.15, 0.2) is 0 Å². The van der Waals surface area contributed by atoms with E-state index in [-0.39, 0.29) is 44.7 Å². The summed E-state index contributed by atoms with van der Waals surface area (Å²) in [5.74, 6) is -2.85. The second kappa shape index (κ2) is 32.2. The molecule has 0 spiro atoms. The van der Waals surface area contributed by atoms with Gasteiger partial charge in [-0.05, 0) is 69.4 Å². The van der Waals surface area contributed by atoms with Crippen molar-refractivity contribution in [3.05, 3.63) is 89.5 Å². The van der Waals surface area contributed by atoms with E-state index < -0.39 is 23.1 Å². The van der Waals surface area contributed by atoms with E-state index in [0.717, 1.165) is 88.2 Å². The lowest BCUT2D eigenvalue weighted by Gasteiger charge is -3.00. The number of aliphatic carboxylic acids is 1. The normalized spacial score (nSPS) is 18.0. The molecular formula is C46H64O10PS2-3. The lowest BCUT2D eigenvalue weighted by molar-refractivity contribution is -0.143. The summed E-state index contributed by atoms with van der Waals surface area (Å²) in [6.45, 7) is 10.9. The number of hydrogen-bond donors (Lipinski definition) is 1. The summed E-state index contributed by atoms with van der Waals surface area (Å²) in [4.78, 5) is 60.0. The van der Waals surface area contributed by atoms with Crippen molar-refractivity contribution in [1.29, 1.82) is 0 Å². The number of rotatable bonds is 17. The molecule has 1 heterocycles. The first kappa shape index (κ1) is 53.4. The minimum absolute atomic E-state index is 0. The maximum absolute atomic E-state index is 12.5. The number of thioether (sulfide) groups is 2. The maximum atomic E-state index is 12.5. The molecule has 1 fully saturated rings. The second-order valence-electron chi connectivity index (χ2n) is 14.3. The molecule has 0 aliphatic carbocycles. The van der Waals surface area contributed by atoms with Crippen LogP contribution < -0.4 is 0 Å². The third-order valence-corrected chi connectivity index (χ3v) is 11.8. The van der Waals surface area contributed by atoms with Crippen LogP contribution in [-0.4, -0.2) is 78.1 Å². The van der Waals surface area contributed by atoms with Crippen molar-refractivity contribution >= 4 is 69.3 Å². The lowest BCUT2D eigenvalue weighted by Crippen LogP contribution is -2.21. The number of carbonyl (C=O) groups is 5. The monoisotopic (exact) mass is 871 g/mol. The van der Waals surface area contributed by atoms with Crippen molar-refractivity contribution < 1.29 is 48.0 Å². The van der Waals surface area contributed by atoms with E-state index in [1.54, 1.807) is 13.0 Å². The molecule has 59 heavy (non-hydrogen) atoms. The fraction of sp³-hybridized carbons (Fsp3) is 0.543. The van der Waals surface area contributed by atoms with E-state index in [2.05, 4.69) is 6.58 Å². The van der Waals surface area contributed by atoms with Crippen LogP contribution in [0.25, 0.3) is 6.08 Å². The van der Waals surface area contributed by atoms with Gasteiger partial charge in [0.05, 0.1) is 42.8 Å². The van der Waals surface area contributed by atoms with E-state index in [1.165, 1.54) is 23.5 Å². The first-order valence-corrected chi connectivity index (χ1v) is 22.8. The Kier molecular flexibility index (Phi) is 29.2. The van der Waals surface area contributed by atoms with Gasteiger partial charge in [-0.25, -0.2) is 9.59 Å². The summed E-state index contributed by atoms with van der Waals surface area (Å²) in [6.07, 6.45) is 15.4. The van der Waals surface area contributed by atoms with Gasteiger partial charge in [0, 0.05) is 11.1 Å². The highest BCUT2D eigenvalue weighted by Crippen LogP contribution is 2.38. The Hall–Kier alpha value is -3.60. The Morgan fingerprint density at radius 1 is 0.831 bits per heavy atom. The van der Waals surface area contributed by atoms with Crippen LogP contribution in [0.5, 0.6) is 0 Å². The first-order chi connectivity index (χ1) is 27.9. The van der Waals surface area contributed by atoms with Gasteiger partial charge in [0.2, 0.25) is 0 Å². The Balaban J connectivity index is 0.000000591. The van der Waals surface area contributed by atoms with Gasteiger partial charge in [0.1, 0.15) is 5.25 Å². The SMILES string of the molecule is C=C1C(=O)OCCCCCCCCOC(=O)C(C)SC1c1ccccc1.CSC(C)C(=O)OCCCCCCCCOC(=O)/C(=C/c1ccccc1)CC(C)C(=O)O.[P-3]. The molecule has 2 aromatic carbocycles. The predicted molar refractivity (Wildman–Crippen MR) is 240 cm³/mol. The molecule has 4 atom stereocenters. The number of carboxylic acids is 1. The van der Waals surface area contributed by atoms with Crippen molar-refractivity contribution in [2.45, 2.75) is 120 Å². The van der Waals surface area contributed by atoms with Gasteiger partial charge in [0.25, 0.3) is 0 Å². The quantitative estimate of drug-likeness (QED) is 0.0531. The molecule has 0 aromatic heterocycles. The van der Waals surface area contributed by atoms with Gasteiger partial charge in [-0.2, -0.15) is 11.8 Å². The zero-order valence-corrected chi connectivity index (χ0v) is 37.8. The topological polar surface area (TPSA) is 142 Å². The average molecular weight is 872 g/mol. The van der Waals surface area contributed by atoms with E-state index in [9.17, 15) is 29.1 Å². The number of unbranched alkanes of at least 4 members (excludes halogenated alkanes) is 5. The summed E-state index contributed by atoms with van der Waals surface area (Å²) in [5.41, 5.74) is 2.51. The highest BCUT2D eigenvalue weighted by molar-refractivity contribution is 8.01. The number of esters is 4. The Morgan fingerprint density at radius 2 is 1.36 bits per heavy atom. The van der Waals surface area contributed by atoms with Crippen molar-refractivity contribution in [2.75, 3.05) is 32.7 Å². The van der Waals surface area contributed by atoms with Gasteiger partial charge in [-0.15, -0.1) is 11.8 Å². The Labute approximate surface area is 364 Å². The van der Waals surface area contributed by atoms with Crippen LogP contribution in [0.3, 0.4) is 0 Å². The molecule has 328 valence electrons. The molecule has 3 rings (SSSR count). The molecule has 0 amide bonds. The molecule has 1 N–H and O–H groups in total. The van der Waals surface area contributed by atoms with Gasteiger partial charge < -0.3 is 34.0 Å². The minimum atomic E-state index is -0.940. The molecule has 0 saturated carbocycles. The average Bonchev–Trinajstić information content (AvgIpc) is 3.23. The summed E-state index contributed by atoms with van der Waals surface area (Å²) < 4.78 is 21.4. The van der Waals surface area contributed by atoms with Crippen LogP contribution in [0, 0.1) is 5.92 Å². The van der Waals surface area contributed by atoms with Crippen LogP contribution in [0.15, 0.2) is 78.4 Å². The van der Waals surface area contributed by atoms with Crippen LogP contribution in [0.1, 0.15) is 121 Å². The van der Waals surface area contributed by atoms with Crippen LogP contribution in [-0.2, 0) is 42.9 Å². The third kappa shape index (κ3) is 23.1. The van der Waals surface area contributed by atoms with E-state index in [1.807, 2.05) is 80.8 Å². The molecule has 2 aromatic rings. The number of carboxylic acid groups (broad SMARTS) is 1. The summed E-state index contributed by atoms with van der Waals surface area (Å²) in [7, 11) is 0. The smallest absolute Gasteiger partial charge is 0.334 e. The van der Waals surface area contributed by atoms with Crippen LogP contribution >= 0.6 is 33.4 Å². The zero-order valence-electron chi connectivity index (χ0n) is 35.3. The molecule has 1 saturated heterocycles. The Morgan fingerprint density at radius 3 is 1.93 bits per heavy atom. The second-order valence-corrected chi connectivity index (χ2v) is 17.0. The molecular weight excluding hydrogens is 808 g/mol. The van der Waals surface area contributed by atoms with E-state index in [0.29, 0.717) is 37.6 Å². The highest BCUT2D eigenvalue weighted by Gasteiger charge is 2.28. The standard InChI is InChI=1S/C25H36O6S.C21H28O4S.P/c1-19(23(26)27)17-22(18-21-13-9-8-10-14-21)25(29)31-16-12-7-5-4-6-11-15-30-24(28)20(2)32-3;1-16-19(18-12-8-7-9-13-18)26-17(2)21(23)25-15-11-6-4-3-5-10-14-24-20(16)22;/h8-10,13-14,18-20H,4-7,11-12,15-17H2,1-3H3,(H,26,27);7-9,12-13,17,19H,1,3-6,10-11,14-15H2,2H3;/q;;-3/b22-18+;;. The number of hydrogen-bond acceptors (Lipinski definition) is 11. The van der Waals surface area contributed by atoms with Gasteiger partial charge in [-0.3, -0.25) is 14.4 Å². The lowest BCUT2D eigenvalue weighted by atomic mass is 9.99. The predicted octanol–water partition coefficient (Wildman–Crippen LogP) is 11.1. The maximum Gasteiger partial charge on any atom is 0.334 e. The van der Waals surface area contributed by atoms with Crippen molar-refractivity contribution in [2.24, 2.45) is 5.92 Å². The van der Waals surface area contributed by atoms with Crippen molar-refractivity contribution in [3.8, 4) is 0 Å². The van der Waals surface area contributed by atoms with Crippen LogP contribution in [0.4, 0.5) is 0 Å². The molecule has 13 heteroatoms. The highest BCUT2D eigenvalue weighted by atomic mass is 32.2. The molecule has 10 nitrogen and oxygen atoms in total. The van der Waals surface area contributed by atoms with Gasteiger partial charge >= 0.3 is 29.8 Å². The van der Waals surface area contributed by atoms with Crippen LogP contribution in [0.2, 0.25) is 0 Å². The first-order valence-electron chi connectivity index (χ1n) is 20.5. The fourth-order valence-corrected chi connectivity index (χ4v) is 7.16. The molecule has 4 unspecified atom stereocenters. The minimum Gasteiger partial charge on any atom is -3.00 e. The Bertz CT molecular complexity index is 1570. The number of cyclic esters (lactones) is 2. The van der Waals surface area contributed by atoms with Gasteiger partial charge in [-0.1, -0.05) is 126 Å². The summed E-state index contributed by atoms with van der Waals surface area (Å²) in [6, 6.07) is 19.0. The molecule has 1 aliphatic heterocycles.